The quantitative estimate of drug-likeness (QED) is 0.732. The van der Waals surface area contributed by atoms with Crippen molar-refractivity contribution in [2.45, 2.75) is 58.6 Å². The van der Waals surface area contributed by atoms with E-state index in [1.165, 1.54) is 20.3 Å². The zero-order chi connectivity index (χ0) is 22.6. The fourth-order valence-corrected chi connectivity index (χ4v) is 6.57. The molecule has 0 aromatic carbocycles. The minimum Gasteiger partial charge on any atom is -0.472 e. The standard InChI is InChI=1S/C23H29NO7/c1-12(25)24-16-9-15(20(27)29-4)22(2)7-5-14-21(28)31-17(13-6-8-30-11-13)10-23(14,3)19(22)18(16)26/h6,8,11,14-17,19H,5,7,9-10H2,1-4H3,(H,24,25)/t14-,15-,16-,17-,19-,22-,23-/m0/s1. The van der Waals surface area contributed by atoms with Crippen LogP contribution in [0.3, 0.4) is 0 Å². The van der Waals surface area contributed by atoms with Gasteiger partial charge >= 0.3 is 11.9 Å². The molecule has 1 aromatic heterocycles. The summed E-state index contributed by atoms with van der Waals surface area (Å²) < 4.78 is 16.0. The van der Waals surface area contributed by atoms with Crippen LogP contribution in [0.2, 0.25) is 0 Å². The van der Waals surface area contributed by atoms with Gasteiger partial charge in [-0.3, -0.25) is 19.2 Å². The summed E-state index contributed by atoms with van der Waals surface area (Å²) in [4.78, 5) is 51.4. The Morgan fingerprint density at radius 2 is 1.97 bits per heavy atom. The average molecular weight is 431 g/mol. The van der Waals surface area contributed by atoms with E-state index in [0.717, 1.165) is 5.56 Å². The summed E-state index contributed by atoms with van der Waals surface area (Å²) in [5.74, 6) is -2.77. The van der Waals surface area contributed by atoms with Crippen molar-refractivity contribution < 1.29 is 33.1 Å². The zero-order valence-corrected chi connectivity index (χ0v) is 18.3. The molecule has 1 amide bonds. The van der Waals surface area contributed by atoms with Crippen molar-refractivity contribution in [1.82, 2.24) is 5.32 Å². The van der Waals surface area contributed by atoms with Crippen molar-refractivity contribution in [3.05, 3.63) is 24.2 Å². The monoisotopic (exact) mass is 431 g/mol. The molecule has 8 nitrogen and oxygen atoms in total. The van der Waals surface area contributed by atoms with Crippen LogP contribution in [0.25, 0.3) is 0 Å². The third kappa shape index (κ3) is 3.27. The molecule has 0 bridgehead atoms. The number of hydrogen-bond acceptors (Lipinski definition) is 7. The largest absolute Gasteiger partial charge is 0.472 e. The molecule has 7 atom stereocenters. The fourth-order valence-electron chi connectivity index (χ4n) is 6.57. The Bertz CT molecular complexity index is 909. The molecule has 31 heavy (non-hydrogen) atoms. The summed E-state index contributed by atoms with van der Waals surface area (Å²) in [6, 6.07) is 0.963. The van der Waals surface area contributed by atoms with Gasteiger partial charge in [0.1, 0.15) is 6.10 Å². The lowest BCUT2D eigenvalue weighted by molar-refractivity contribution is -0.204. The van der Waals surface area contributed by atoms with E-state index in [-0.39, 0.29) is 30.0 Å². The van der Waals surface area contributed by atoms with Gasteiger partial charge in [-0.1, -0.05) is 13.8 Å². The highest BCUT2D eigenvalue weighted by Crippen LogP contribution is 2.64. The molecule has 1 N–H and O–H groups in total. The van der Waals surface area contributed by atoms with Crippen molar-refractivity contribution in [2.24, 2.45) is 28.6 Å². The minimum absolute atomic E-state index is 0.120. The molecule has 8 heteroatoms. The summed E-state index contributed by atoms with van der Waals surface area (Å²) in [6.07, 6.45) is 4.25. The molecule has 0 unspecified atom stereocenters. The van der Waals surface area contributed by atoms with E-state index in [9.17, 15) is 19.2 Å². The lowest BCUT2D eigenvalue weighted by atomic mass is 9.43. The maximum Gasteiger partial charge on any atom is 0.310 e. The first-order chi connectivity index (χ1) is 14.6. The first-order valence-corrected chi connectivity index (χ1v) is 10.7. The Balaban J connectivity index is 1.80. The smallest absolute Gasteiger partial charge is 0.310 e. The Morgan fingerprint density at radius 1 is 1.23 bits per heavy atom. The number of carbonyl (C=O) groups excluding carboxylic acids is 4. The molecule has 4 rings (SSSR count). The summed E-state index contributed by atoms with van der Waals surface area (Å²) >= 11 is 0. The Morgan fingerprint density at radius 3 is 2.58 bits per heavy atom. The van der Waals surface area contributed by atoms with Crippen LogP contribution in [-0.4, -0.2) is 36.8 Å². The number of ether oxygens (including phenoxy) is 2. The van der Waals surface area contributed by atoms with E-state index >= 15 is 0 Å². The molecular formula is C23H29NO7. The van der Waals surface area contributed by atoms with Crippen LogP contribution in [0.15, 0.2) is 23.0 Å². The van der Waals surface area contributed by atoms with Gasteiger partial charge in [0.05, 0.1) is 37.5 Å². The SMILES string of the molecule is COC(=O)[C@@H]1C[C@H](NC(C)=O)C(=O)[C@H]2[C@@]1(C)CC[C@H]1C(=O)O[C@H](c3ccoc3)C[C@]21C. The molecule has 1 saturated heterocycles. The first-order valence-electron chi connectivity index (χ1n) is 10.7. The van der Waals surface area contributed by atoms with Gasteiger partial charge < -0.3 is 19.2 Å². The van der Waals surface area contributed by atoms with Crippen LogP contribution < -0.4 is 5.32 Å². The van der Waals surface area contributed by atoms with Crippen LogP contribution in [0.4, 0.5) is 0 Å². The van der Waals surface area contributed by atoms with Crippen LogP contribution in [0.1, 0.15) is 58.1 Å². The maximum absolute atomic E-state index is 13.8. The number of nitrogens with one attached hydrogen (secondary N) is 1. The molecule has 0 spiro atoms. The summed E-state index contributed by atoms with van der Waals surface area (Å²) in [5, 5.41) is 2.73. The van der Waals surface area contributed by atoms with Gasteiger partial charge in [0, 0.05) is 18.4 Å². The minimum atomic E-state index is -0.791. The van der Waals surface area contributed by atoms with E-state index in [4.69, 9.17) is 13.9 Å². The van der Waals surface area contributed by atoms with Crippen LogP contribution in [0.5, 0.6) is 0 Å². The number of amides is 1. The molecule has 3 fully saturated rings. The molecular weight excluding hydrogens is 402 g/mol. The zero-order valence-electron chi connectivity index (χ0n) is 18.3. The second-order valence-corrected chi connectivity index (χ2v) is 9.69. The normalized spacial score (nSPS) is 39.7. The van der Waals surface area contributed by atoms with Crippen molar-refractivity contribution >= 4 is 23.6 Å². The fraction of sp³-hybridized carbons (Fsp3) is 0.652. The number of hydrogen-bond donors (Lipinski definition) is 1. The first kappa shape index (κ1) is 21.6. The Hall–Kier alpha value is -2.64. The lowest BCUT2D eigenvalue weighted by Gasteiger charge is -2.61. The van der Waals surface area contributed by atoms with E-state index in [1.807, 2.05) is 13.8 Å². The van der Waals surface area contributed by atoms with Gasteiger partial charge in [-0.25, -0.2) is 0 Å². The molecule has 168 valence electrons. The highest BCUT2D eigenvalue weighted by Gasteiger charge is 2.67. The van der Waals surface area contributed by atoms with Crippen LogP contribution in [-0.2, 0) is 28.7 Å². The number of rotatable bonds is 3. The third-order valence-electron chi connectivity index (χ3n) is 7.93. The van der Waals surface area contributed by atoms with E-state index in [2.05, 4.69) is 5.32 Å². The number of carbonyl (C=O) groups is 4. The second-order valence-electron chi connectivity index (χ2n) is 9.69. The summed E-state index contributed by atoms with van der Waals surface area (Å²) in [7, 11) is 1.34. The van der Waals surface area contributed by atoms with Gasteiger partial charge in [-0.2, -0.15) is 0 Å². The Kier molecular flexibility index (Phi) is 5.22. The number of furan rings is 1. The number of Topliss-reactive ketones (excluding diaryl/α,β-unsaturated/α-hetero) is 1. The molecule has 2 heterocycles. The molecule has 1 aromatic rings. The molecule has 3 aliphatic rings. The van der Waals surface area contributed by atoms with Crippen LogP contribution in [0, 0.1) is 28.6 Å². The van der Waals surface area contributed by atoms with Gasteiger partial charge in [0.2, 0.25) is 5.91 Å². The van der Waals surface area contributed by atoms with Crippen LogP contribution >= 0.6 is 0 Å². The number of ketones is 1. The summed E-state index contributed by atoms with van der Waals surface area (Å²) in [5.41, 5.74) is -0.667. The van der Waals surface area contributed by atoms with Crippen molar-refractivity contribution in [3.8, 4) is 0 Å². The number of esters is 2. The van der Waals surface area contributed by atoms with E-state index < -0.39 is 40.7 Å². The number of cyclic esters (lactones) is 1. The van der Waals surface area contributed by atoms with Gasteiger partial charge in [0.25, 0.3) is 0 Å². The average Bonchev–Trinajstić information content (AvgIpc) is 3.23. The third-order valence-corrected chi connectivity index (χ3v) is 7.93. The van der Waals surface area contributed by atoms with E-state index in [1.54, 1.807) is 12.3 Å². The predicted molar refractivity (Wildman–Crippen MR) is 107 cm³/mol. The molecule has 0 radical (unpaired) electrons. The maximum atomic E-state index is 13.8. The number of fused-ring (bicyclic) bond motifs is 3. The summed E-state index contributed by atoms with van der Waals surface area (Å²) in [6.45, 7) is 5.26. The van der Waals surface area contributed by atoms with Crippen molar-refractivity contribution in [2.75, 3.05) is 7.11 Å². The highest BCUT2D eigenvalue weighted by atomic mass is 16.5. The van der Waals surface area contributed by atoms with Crippen molar-refractivity contribution in [3.63, 3.8) is 0 Å². The van der Waals surface area contributed by atoms with E-state index in [0.29, 0.717) is 19.3 Å². The second kappa shape index (κ2) is 7.50. The molecule has 1 aliphatic heterocycles. The Labute approximate surface area is 181 Å². The topological polar surface area (TPSA) is 112 Å². The van der Waals surface area contributed by atoms with Crippen molar-refractivity contribution in [1.29, 1.82) is 0 Å². The highest BCUT2D eigenvalue weighted by molar-refractivity contribution is 5.95. The van der Waals surface area contributed by atoms with Gasteiger partial charge in [-0.15, -0.1) is 0 Å². The van der Waals surface area contributed by atoms with Gasteiger partial charge in [-0.05, 0) is 42.6 Å². The molecule has 2 aliphatic carbocycles. The molecule has 2 saturated carbocycles. The predicted octanol–water partition coefficient (Wildman–Crippen LogP) is 2.57. The van der Waals surface area contributed by atoms with Gasteiger partial charge in [0.15, 0.2) is 5.78 Å². The lowest BCUT2D eigenvalue weighted by Crippen LogP contribution is -2.66. The number of methoxy groups -OCH3 is 1.